The molecule has 2 rings (SSSR count). The summed E-state index contributed by atoms with van der Waals surface area (Å²) in [4.78, 5) is 0. The van der Waals surface area contributed by atoms with Crippen LogP contribution in [0.4, 0.5) is 0 Å². The second-order valence-corrected chi connectivity index (χ2v) is 5.65. The van der Waals surface area contributed by atoms with Crippen molar-refractivity contribution in [2.45, 2.75) is 52.2 Å². The Morgan fingerprint density at radius 3 is 2.94 bits per heavy atom. The Labute approximate surface area is 108 Å². The molecule has 1 aliphatic rings. The van der Waals surface area contributed by atoms with Gasteiger partial charge in [0.1, 0.15) is 5.60 Å². The van der Waals surface area contributed by atoms with Crippen molar-refractivity contribution in [3.05, 3.63) is 16.9 Å². The van der Waals surface area contributed by atoms with E-state index in [0.717, 1.165) is 25.1 Å². The fourth-order valence-corrected chi connectivity index (χ4v) is 3.31. The molecule has 1 saturated carbocycles. The summed E-state index contributed by atoms with van der Waals surface area (Å²) in [6.07, 6.45) is 4.66. The molecule has 3 atom stereocenters. The van der Waals surface area contributed by atoms with Crippen molar-refractivity contribution in [3.63, 3.8) is 0 Å². The smallest absolute Gasteiger partial charge is 0.110 e. The summed E-state index contributed by atoms with van der Waals surface area (Å²) in [5.41, 5.74) is -0.0120. The van der Waals surface area contributed by atoms with Crippen LogP contribution in [0.3, 0.4) is 0 Å². The van der Waals surface area contributed by atoms with Gasteiger partial charge in [0, 0.05) is 6.54 Å². The van der Waals surface area contributed by atoms with E-state index < -0.39 is 5.60 Å². The first-order valence-electron chi connectivity index (χ1n) is 6.44. The highest BCUT2D eigenvalue weighted by Crippen LogP contribution is 2.46. The number of hydrogen-bond acceptors (Lipinski definition) is 2. The molecule has 4 heteroatoms. The lowest BCUT2D eigenvalue weighted by molar-refractivity contribution is -0.0751. The van der Waals surface area contributed by atoms with Crippen LogP contribution in [0.15, 0.2) is 6.20 Å². The van der Waals surface area contributed by atoms with Crippen LogP contribution in [0.2, 0.25) is 5.02 Å². The molecular formula is C13H21ClN2O. The van der Waals surface area contributed by atoms with Gasteiger partial charge in [-0.3, -0.25) is 4.68 Å². The summed E-state index contributed by atoms with van der Waals surface area (Å²) >= 11 is 6.22. The highest BCUT2D eigenvalue weighted by atomic mass is 35.5. The number of rotatable bonds is 2. The molecule has 3 nitrogen and oxygen atoms in total. The van der Waals surface area contributed by atoms with Crippen LogP contribution in [0.25, 0.3) is 0 Å². The molecule has 1 aromatic rings. The SMILES string of the molecule is CCn1ncc(Cl)c1C1(O)CCCC(C)C1C. The lowest BCUT2D eigenvalue weighted by Crippen LogP contribution is -2.42. The Balaban J connectivity index is 2.45. The molecule has 1 aliphatic carbocycles. The molecule has 1 fully saturated rings. The van der Waals surface area contributed by atoms with Crippen molar-refractivity contribution in [3.8, 4) is 0 Å². The highest BCUT2D eigenvalue weighted by Gasteiger charge is 2.44. The van der Waals surface area contributed by atoms with Gasteiger partial charge in [-0.15, -0.1) is 0 Å². The summed E-state index contributed by atoms with van der Waals surface area (Å²) in [6, 6.07) is 0. The third kappa shape index (κ3) is 2.00. The van der Waals surface area contributed by atoms with Crippen LogP contribution < -0.4 is 0 Å². The monoisotopic (exact) mass is 256 g/mol. The Kier molecular flexibility index (Phi) is 3.50. The summed E-state index contributed by atoms with van der Waals surface area (Å²) in [7, 11) is 0. The minimum atomic E-state index is -0.818. The first-order chi connectivity index (χ1) is 8.00. The normalized spacial score (nSPS) is 33.9. The first kappa shape index (κ1) is 12.9. The van der Waals surface area contributed by atoms with E-state index in [1.54, 1.807) is 6.20 Å². The maximum atomic E-state index is 11.0. The average molecular weight is 257 g/mol. The fraction of sp³-hybridized carbons (Fsp3) is 0.769. The molecule has 0 bridgehead atoms. The zero-order valence-corrected chi connectivity index (χ0v) is 11.5. The molecule has 0 spiro atoms. The first-order valence-corrected chi connectivity index (χ1v) is 6.82. The van der Waals surface area contributed by atoms with E-state index in [9.17, 15) is 5.11 Å². The van der Waals surface area contributed by atoms with Crippen molar-refractivity contribution < 1.29 is 5.11 Å². The van der Waals surface area contributed by atoms with Gasteiger partial charge in [0.2, 0.25) is 0 Å². The molecule has 3 unspecified atom stereocenters. The van der Waals surface area contributed by atoms with E-state index in [1.807, 2.05) is 11.6 Å². The van der Waals surface area contributed by atoms with Crippen LogP contribution in [-0.2, 0) is 12.1 Å². The third-order valence-electron chi connectivity index (χ3n) is 4.33. The van der Waals surface area contributed by atoms with Gasteiger partial charge in [-0.1, -0.05) is 31.9 Å². The molecule has 0 aromatic carbocycles. The molecule has 17 heavy (non-hydrogen) atoms. The Hall–Kier alpha value is -0.540. The Bertz CT molecular complexity index is 404. The molecule has 1 aromatic heterocycles. The summed E-state index contributed by atoms with van der Waals surface area (Å²) < 4.78 is 1.83. The van der Waals surface area contributed by atoms with Crippen molar-refractivity contribution in [2.75, 3.05) is 0 Å². The number of halogens is 1. The number of aryl methyl sites for hydroxylation is 1. The maximum Gasteiger partial charge on any atom is 0.110 e. The van der Waals surface area contributed by atoms with Crippen LogP contribution in [-0.4, -0.2) is 14.9 Å². The molecule has 0 amide bonds. The number of aliphatic hydroxyl groups is 1. The number of nitrogens with zero attached hydrogens (tertiary/aromatic N) is 2. The minimum Gasteiger partial charge on any atom is -0.383 e. The molecule has 0 radical (unpaired) electrons. The lowest BCUT2D eigenvalue weighted by Gasteiger charge is -2.42. The molecule has 0 aliphatic heterocycles. The summed E-state index contributed by atoms with van der Waals surface area (Å²) in [6.45, 7) is 7.08. The van der Waals surface area contributed by atoms with Gasteiger partial charge < -0.3 is 5.11 Å². The second-order valence-electron chi connectivity index (χ2n) is 5.24. The van der Waals surface area contributed by atoms with Gasteiger partial charge >= 0.3 is 0 Å². The topological polar surface area (TPSA) is 38.0 Å². The lowest BCUT2D eigenvalue weighted by atomic mass is 9.69. The van der Waals surface area contributed by atoms with Gasteiger partial charge in [-0.2, -0.15) is 5.10 Å². The van der Waals surface area contributed by atoms with Crippen LogP contribution in [0.1, 0.15) is 45.7 Å². The summed E-state index contributed by atoms with van der Waals surface area (Å²) in [5, 5.41) is 15.8. The van der Waals surface area contributed by atoms with E-state index in [0.29, 0.717) is 10.9 Å². The van der Waals surface area contributed by atoms with Crippen molar-refractivity contribution >= 4 is 11.6 Å². The quantitative estimate of drug-likeness (QED) is 0.883. The van der Waals surface area contributed by atoms with Crippen molar-refractivity contribution in [1.82, 2.24) is 9.78 Å². The van der Waals surface area contributed by atoms with Gasteiger partial charge in [-0.25, -0.2) is 0 Å². The summed E-state index contributed by atoms with van der Waals surface area (Å²) in [5.74, 6) is 0.737. The average Bonchev–Trinajstić information content (AvgIpc) is 2.68. The zero-order valence-electron chi connectivity index (χ0n) is 10.8. The van der Waals surface area contributed by atoms with Gasteiger partial charge in [0.05, 0.1) is 16.9 Å². The molecule has 1 N–H and O–H groups in total. The predicted octanol–water partition coefficient (Wildman–Crippen LogP) is 3.20. The standard InChI is InChI=1S/C13H21ClN2O/c1-4-16-12(11(14)8-15-16)13(17)7-5-6-9(2)10(13)3/h8-10,17H,4-7H2,1-3H3. The van der Waals surface area contributed by atoms with Crippen molar-refractivity contribution in [2.24, 2.45) is 11.8 Å². The highest BCUT2D eigenvalue weighted by molar-refractivity contribution is 6.31. The number of aromatic nitrogens is 2. The van der Waals surface area contributed by atoms with E-state index in [-0.39, 0.29) is 5.92 Å². The van der Waals surface area contributed by atoms with Gasteiger partial charge in [0.15, 0.2) is 0 Å². The zero-order chi connectivity index (χ0) is 12.6. The Morgan fingerprint density at radius 1 is 1.59 bits per heavy atom. The second kappa shape index (κ2) is 4.62. The van der Waals surface area contributed by atoms with E-state index >= 15 is 0 Å². The molecule has 96 valence electrons. The predicted molar refractivity (Wildman–Crippen MR) is 69.0 cm³/mol. The minimum absolute atomic E-state index is 0.218. The van der Waals surface area contributed by atoms with Crippen LogP contribution in [0.5, 0.6) is 0 Å². The molecule has 1 heterocycles. The van der Waals surface area contributed by atoms with E-state index in [1.165, 1.54) is 6.42 Å². The van der Waals surface area contributed by atoms with Gasteiger partial charge in [0.25, 0.3) is 0 Å². The Morgan fingerprint density at radius 2 is 2.29 bits per heavy atom. The largest absolute Gasteiger partial charge is 0.383 e. The van der Waals surface area contributed by atoms with Crippen LogP contribution >= 0.6 is 11.6 Å². The van der Waals surface area contributed by atoms with E-state index in [2.05, 4.69) is 18.9 Å². The molecular weight excluding hydrogens is 236 g/mol. The third-order valence-corrected chi connectivity index (χ3v) is 4.61. The molecule has 0 saturated heterocycles. The fourth-order valence-electron chi connectivity index (χ4n) is 3.01. The van der Waals surface area contributed by atoms with Crippen LogP contribution in [0, 0.1) is 11.8 Å². The number of hydrogen-bond donors (Lipinski definition) is 1. The van der Waals surface area contributed by atoms with Crippen molar-refractivity contribution in [1.29, 1.82) is 0 Å². The van der Waals surface area contributed by atoms with E-state index in [4.69, 9.17) is 11.6 Å². The van der Waals surface area contributed by atoms with Gasteiger partial charge in [-0.05, 0) is 31.6 Å². The maximum absolute atomic E-state index is 11.0.